The SMILES string of the molecule is COc1cccc(N)c1C(=O)OCCF. The van der Waals surface area contributed by atoms with Crippen LogP contribution in [0, 0.1) is 0 Å². The fourth-order valence-electron chi connectivity index (χ4n) is 1.14. The third-order valence-corrected chi connectivity index (χ3v) is 1.79. The van der Waals surface area contributed by atoms with Crippen LogP contribution >= 0.6 is 0 Å². The van der Waals surface area contributed by atoms with E-state index in [1.165, 1.54) is 7.11 Å². The number of hydrogen-bond acceptors (Lipinski definition) is 4. The molecule has 1 aromatic rings. The van der Waals surface area contributed by atoms with E-state index in [4.69, 9.17) is 10.5 Å². The Morgan fingerprint density at radius 3 is 2.87 bits per heavy atom. The summed E-state index contributed by atoms with van der Waals surface area (Å²) in [5, 5.41) is 0. The predicted octanol–water partition coefficient (Wildman–Crippen LogP) is 1.40. The second-order valence-electron chi connectivity index (χ2n) is 2.75. The maximum absolute atomic E-state index is 11.8. The third kappa shape index (κ3) is 2.59. The van der Waals surface area contributed by atoms with E-state index < -0.39 is 12.6 Å². The largest absolute Gasteiger partial charge is 0.496 e. The lowest BCUT2D eigenvalue weighted by Gasteiger charge is -2.09. The van der Waals surface area contributed by atoms with Crippen molar-refractivity contribution >= 4 is 11.7 Å². The van der Waals surface area contributed by atoms with Gasteiger partial charge in [-0.05, 0) is 12.1 Å². The van der Waals surface area contributed by atoms with Crippen molar-refractivity contribution in [1.29, 1.82) is 0 Å². The minimum atomic E-state index is -0.721. The highest BCUT2D eigenvalue weighted by atomic mass is 19.1. The second kappa shape index (κ2) is 5.19. The molecule has 0 unspecified atom stereocenters. The molecule has 0 atom stereocenters. The van der Waals surface area contributed by atoms with E-state index in [1.807, 2.05) is 0 Å². The van der Waals surface area contributed by atoms with E-state index in [0.29, 0.717) is 5.75 Å². The first kappa shape index (κ1) is 11.3. The standard InChI is InChI=1S/C10H12FNO3/c1-14-8-4-2-3-7(12)9(8)10(13)15-6-5-11/h2-4H,5-6,12H2,1H3. The van der Waals surface area contributed by atoms with Crippen LogP contribution in [0.5, 0.6) is 5.75 Å². The number of hydrogen-bond donors (Lipinski definition) is 1. The van der Waals surface area contributed by atoms with Crippen molar-refractivity contribution in [3.63, 3.8) is 0 Å². The van der Waals surface area contributed by atoms with E-state index in [1.54, 1.807) is 18.2 Å². The molecule has 0 aliphatic rings. The molecule has 15 heavy (non-hydrogen) atoms. The van der Waals surface area contributed by atoms with Gasteiger partial charge < -0.3 is 15.2 Å². The van der Waals surface area contributed by atoms with Gasteiger partial charge >= 0.3 is 5.97 Å². The first-order valence-corrected chi connectivity index (χ1v) is 4.36. The molecule has 0 aromatic heterocycles. The molecule has 82 valence electrons. The summed E-state index contributed by atoms with van der Waals surface area (Å²) in [4.78, 5) is 11.5. The summed E-state index contributed by atoms with van der Waals surface area (Å²) in [5.41, 5.74) is 5.98. The van der Waals surface area contributed by atoms with Gasteiger partial charge in [0.25, 0.3) is 0 Å². The van der Waals surface area contributed by atoms with E-state index in [2.05, 4.69) is 4.74 Å². The predicted molar refractivity (Wildman–Crippen MR) is 53.7 cm³/mol. The van der Waals surface area contributed by atoms with E-state index in [9.17, 15) is 9.18 Å². The van der Waals surface area contributed by atoms with Crippen LogP contribution < -0.4 is 10.5 Å². The monoisotopic (exact) mass is 213 g/mol. The molecule has 0 amide bonds. The van der Waals surface area contributed by atoms with Gasteiger partial charge in [0.2, 0.25) is 0 Å². The number of nitrogens with two attached hydrogens (primary N) is 1. The minimum Gasteiger partial charge on any atom is -0.496 e. The average molecular weight is 213 g/mol. The smallest absolute Gasteiger partial charge is 0.344 e. The average Bonchev–Trinajstić information content (AvgIpc) is 2.25. The number of carbonyl (C=O) groups excluding carboxylic acids is 1. The summed E-state index contributed by atoms with van der Waals surface area (Å²) in [5.74, 6) is -0.360. The van der Waals surface area contributed by atoms with Crippen molar-refractivity contribution in [2.45, 2.75) is 0 Å². The van der Waals surface area contributed by atoms with Crippen LogP contribution in [0.1, 0.15) is 10.4 Å². The number of esters is 1. The van der Waals surface area contributed by atoms with Gasteiger partial charge in [0.15, 0.2) is 0 Å². The Hall–Kier alpha value is -1.78. The zero-order valence-electron chi connectivity index (χ0n) is 8.33. The normalized spacial score (nSPS) is 9.73. The maximum atomic E-state index is 11.8. The first-order chi connectivity index (χ1) is 7.20. The van der Waals surface area contributed by atoms with Crippen molar-refractivity contribution in [2.24, 2.45) is 0 Å². The quantitative estimate of drug-likeness (QED) is 0.606. The van der Waals surface area contributed by atoms with Crippen LogP contribution in [0.25, 0.3) is 0 Å². The number of nitrogen functional groups attached to an aromatic ring is 1. The lowest BCUT2D eigenvalue weighted by molar-refractivity contribution is 0.0479. The lowest BCUT2D eigenvalue weighted by Crippen LogP contribution is -2.11. The zero-order valence-corrected chi connectivity index (χ0v) is 8.33. The van der Waals surface area contributed by atoms with E-state index >= 15 is 0 Å². The molecule has 0 saturated carbocycles. The van der Waals surface area contributed by atoms with Gasteiger partial charge in [0, 0.05) is 5.69 Å². The zero-order chi connectivity index (χ0) is 11.3. The number of anilines is 1. The van der Waals surface area contributed by atoms with Gasteiger partial charge in [-0.1, -0.05) is 6.07 Å². The van der Waals surface area contributed by atoms with Crippen molar-refractivity contribution in [3.8, 4) is 5.75 Å². The molecular weight excluding hydrogens is 201 g/mol. The molecule has 0 fully saturated rings. The number of ether oxygens (including phenoxy) is 2. The van der Waals surface area contributed by atoms with Gasteiger partial charge in [-0.25, -0.2) is 9.18 Å². The molecule has 5 heteroatoms. The van der Waals surface area contributed by atoms with Crippen LogP contribution in [0.3, 0.4) is 0 Å². The van der Waals surface area contributed by atoms with E-state index in [0.717, 1.165) is 0 Å². The fraction of sp³-hybridized carbons (Fsp3) is 0.300. The minimum absolute atomic E-state index is 0.133. The molecule has 1 rings (SSSR count). The molecule has 0 aliphatic heterocycles. The summed E-state index contributed by atoms with van der Waals surface area (Å²) >= 11 is 0. The molecule has 2 N–H and O–H groups in total. The Labute approximate surface area is 86.8 Å². The highest BCUT2D eigenvalue weighted by Gasteiger charge is 2.16. The summed E-state index contributed by atoms with van der Waals surface area (Å²) in [7, 11) is 1.42. The molecule has 0 bridgehead atoms. The van der Waals surface area contributed by atoms with Gasteiger partial charge in [0.05, 0.1) is 7.11 Å². The number of benzene rings is 1. The summed E-state index contributed by atoms with van der Waals surface area (Å²) < 4.78 is 21.4. The highest BCUT2D eigenvalue weighted by molar-refractivity contribution is 5.98. The topological polar surface area (TPSA) is 61.5 Å². The Kier molecular flexibility index (Phi) is 3.91. The van der Waals surface area contributed by atoms with Crippen LogP contribution in [0.2, 0.25) is 0 Å². The number of methoxy groups -OCH3 is 1. The summed E-state index contributed by atoms with van der Waals surface area (Å²) in [6.45, 7) is -1.00. The highest BCUT2D eigenvalue weighted by Crippen LogP contribution is 2.24. The third-order valence-electron chi connectivity index (χ3n) is 1.79. The Morgan fingerprint density at radius 1 is 1.53 bits per heavy atom. The van der Waals surface area contributed by atoms with Crippen LogP contribution in [-0.4, -0.2) is 26.4 Å². The van der Waals surface area contributed by atoms with Crippen molar-refractivity contribution in [2.75, 3.05) is 26.1 Å². The Balaban J connectivity index is 2.95. The van der Waals surface area contributed by atoms with Crippen molar-refractivity contribution < 1.29 is 18.7 Å². The molecule has 0 radical (unpaired) electrons. The van der Waals surface area contributed by atoms with Gasteiger partial charge in [-0.2, -0.15) is 0 Å². The van der Waals surface area contributed by atoms with Crippen LogP contribution in [0.15, 0.2) is 18.2 Å². The number of alkyl halides is 1. The summed E-state index contributed by atoms with van der Waals surface area (Å²) in [6, 6.07) is 4.79. The molecule has 0 saturated heterocycles. The first-order valence-electron chi connectivity index (χ1n) is 4.36. The second-order valence-corrected chi connectivity index (χ2v) is 2.75. The Bertz CT molecular complexity index is 355. The molecule has 0 spiro atoms. The summed E-state index contributed by atoms with van der Waals surface area (Å²) in [6.07, 6.45) is 0. The Morgan fingerprint density at radius 2 is 2.27 bits per heavy atom. The lowest BCUT2D eigenvalue weighted by atomic mass is 10.1. The molecule has 0 aliphatic carbocycles. The van der Waals surface area contributed by atoms with Gasteiger partial charge in [-0.15, -0.1) is 0 Å². The molecule has 4 nitrogen and oxygen atoms in total. The van der Waals surface area contributed by atoms with E-state index in [-0.39, 0.29) is 17.9 Å². The number of halogens is 1. The molecular formula is C10H12FNO3. The fourth-order valence-corrected chi connectivity index (χ4v) is 1.14. The number of carbonyl (C=O) groups is 1. The number of rotatable bonds is 4. The van der Waals surface area contributed by atoms with Crippen molar-refractivity contribution in [1.82, 2.24) is 0 Å². The maximum Gasteiger partial charge on any atom is 0.344 e. The van der Waals surface area contributed by atoms with Crippen molar-refractivity contribution in [3.05, 3.63) is 23.8 Å². The van der Waals surface area contributed by atoms with Crippen LogP contribution in [0.4, 0.5) is 10.1 Å². The van der Waals surface area contributed by atoms with Crippen LogP contribution in [-0.2, 0) is 4.74 Å². The van der Waals surface area contributed by atoms with Gasteiger partial charge in [-0.3, -0.25) is 0 Å². The molecule has 1 aromatic carbocycles. The molecule has 0 heterocycles. The van der Waals surface area contributed by atoms with Gasteiger partial charge in [0.1, 0.15) is 24.6 Å².